The summed E-state index contributed by atoms with van der Waals surface area (Å²) in [4.78, 5) is 14.3. The molecule has 25 heavy (non-hydrogen) atoms. The average molecular weight is 361 g/mol. The van der Waals surface area contributed by atoms with Crippen molar-refractivity contribution in [3.05, 3.63) is 53.6 Å². The molecule has 0 fully saturated rings. The number of amides is 1. The number of para-hydroxylation sites is 2. The van der Waals surface area contributed by atoms with Crippen LogP contribution in [0.15, 0.2) is 48.5 Å². The average Bonchev–Trinajstić information content (AvgIpc) is 2.63. The molecule has 0 bridgehead atoms. The van der Waals surface area contributed by atoms with E-state index in [0.29, 0.717) is 24.7 Å². The molecule has 1 atom stereocenters. The van der Waals surface area contributed by atoms with Gasteiger partial charge < -0.3 is 14.8 Å². The summed E-state index contributed by atoms with van der Waals surface area (Å²) in [5, 5.41) is 3.52. The quantitative estimate of drug-likeness (QED) is 0.857. The maximum absolute atomic E-state index is 12.2. The van der Waals surface area contributed by atoms with Crippen LogP contribution >= 0.6 is 11.6 Å². The van der Waals surface area contributed by atoms with Gasteiger partial charge in [0.05, 0.1) is 6.54 Å². The van der Waals surface area contributed by atoms with Gasteiger partial charge in [0.25, 0.3) is 0 Å². The lowest BCUT2D eigenvalue weighted by Crippen LogP contribution is -2.43. The first-order chi connectivity index (χ1) is 12.1. The lowest BCUT2D eigenvalue weighted by atomic mass is 10.2. The molecule has 0 saturated heterocycles. The van der Waals surface area contributed by atoms with Gasteiger partial charge in [0.1, 0.15) is 12.7 Å². The van der Waals surface area contributed by atoms with Gasteiger partial charge in [-0.05, 0) is 42.9 Å². The highest BCUT2D eigenvalue weighted by Crippen LogP contribution is 2.31. The molecule has 0 spiro atoms. The zero-order valence-corrected chi connectivity index (χ0v) is 14.8. The van der Waals surface area contributed by atoms with Crippen LogP contribution in [0, 0.1) is 0 Å². The second-order valence-corrected chi connectivity index (χ2v) is 6.32. The first-order valence-electron chi connectivity index (χ1n) is 8.30. The van der Waals surface area contributed by atoms with Crippen molar-refractivity contribution in [1.82, 2.24) is 4.90 Å². The van der Waals surface area contributed by atoms with Crippen LogP contribution in [-0.2, 0) is 4.79 Å². The molecule has 1 unspecified atom stereocenters. The molecule has 6 heteroatoms. The van der Waals surface area contributed by atoms with Crippen molar-refractivity contribution in [2.24, 2.45) is 0 Å². The molecule has 1 aliphatic heterocycles. The van der Waals surface area contributed by atoms with Gasteiger partial charge >= 0.3 is 0 Å². The van der Waals surface area contributed by atoms with Crippen molar-refractivity contribution < 1.29 is 14.3 Å². The van der Waals surface area contributed by atoms with Crippen LogP contribution < -0.4 is 14.8 Å². The normalized spacial score (nSPS) is 15.9. The second kappa shape index (κ2) is 8.23. The number of carbonyl (C=O) groups is 1. The molecule has 132 valence electrons. The number of benzene rings is 2. The summed E-state index contributed by atoms with van der Waals surface area (Å²) in [6.07, 6.45) is -0.0989. The number of halogens is 1. The summed E-state index contributed by atoms with van der Waals surface area (Å²) < 4.78 is 11.7. The molecule has 1 aliphatic rings. The van der Waals surface area contributed by atoms with E-state index in [9.17, 15) is 4.79 Å². The zero-order chi connectivity index (χ0) is 17.6. The fraction of sp³-hybridized carbons (Fsp3) is 0.316. The first kappa shape index (κ1) is 17.6. The van der Waals surface area contributed by atoms with E-state index in [4.69, 9.17) is 21.1 Å². The highest BCUT2D eigenvalue weighted by Gasteiger charge is 2.23. The van der Waals surface area contributed by atoms with Gasteiger partial charge in [0.2, 0.25) is 5.91 Å². The SMILES string of the molecule is CCN(CC(=O)Nc1ccc(Cl)cc1)CC1COc2ccccc2O1. The molecule has 1 N–H and O–H groups in total. The fourth-order valence-electron chi connectivity index (χ4n) is 2.68. The monoisotopic (exact) mass is 360 g/mol. The van der Waals surface area contributed by atoms with E-state index >= 15 is 0 Å². The summed E-state index contributed by atoms with van der Waals surface area (Å²) in [5.41, 5.74) is 0.733. The molecule has 0 saturated carbocycles. The van der Waals surface area contributed by atoms with Crippen LogP contribution in [-0.4, -0.2) is 43.2 Å². The molecule has 3 rings (SSSR count). The molecule has 0 aromatic heterocycles. The summed E-state index contributed by atoms with van der Waals surface area (Å²) >= 11 is 5.85. The highest BCUT2D eigenvalue weighted by atomic mass is 35.5. The Morgan fingerprint density at radius 1 is 1.20 bits per heavy atom. The van der Waals surface area contributed by atoms with Crippen molar-refractivity contribution in [2.45, 2.75) is 13.0 Å². The Kier molecular flexibility index (Phi) is 5.79. The van der Waals surface area contributed by atoms with Crippen LogP contribution in [0.5, 0.6) is 11.5 Å². The Morgan fingerprint density at radius 2 is 1.92 bits per heavy atom. The van der Waals surface area contributed by atoms with E-state index in [1.54, 1.807) is 24.3 Å². The molecule has 1 amide bonds. The molecule has 5 nitrogen and oxygen atoms in total. The minimum atomic E-state index is -0.0989. The predicted octanol–water partition coefficient (Wildman–Crippen LogP) is 3.44. The standard InChI is InChI=1S/C19H21ClN2O3/c1-2-22(12-19(23)21-15-9-7-14(20)8-10-15)11-16-13-24-17-5-3-4-6-18(17)25-16/h3-10,16H,2,11-13H2,1H3,(H,21,23). The number of hydrogen-bond donors (Lipinski definition) is 1. The third-order valence-corrected chi connectivity index (χ3v) is 4.22. The van der Waals surface area contributed by atoms with E-state index < -0.39 is 0 Å². The molecular formula is C19H21ClN2O3. The van der Waals surface area contributed by atoms with Crippen LogP contribution in [0.1, 0.15) is 6.92 Å². The number of hydrogen-bond acceptors (Lipinski definition) is 4. The second-order valence-electron chi connectivity index (χ2n) is 5.88. The predicted molar refractivity (Wildman–Crippen MR) is 98.5 cm³/mol. The topological polar surface area (TPSA) is 50.8 Å². The number of nitrogens with one attached hydrogen (secondary N) is 1. The molecule has 1 heterocycles. The van der Waals surface area contributed by atoms with Gasteiger partial charge in [-0.25, -0.2) is 0 Å². The van der Waals surface area contributed by atoms with Gasteiger partial charge in [-0.3, -0.25) is 9.69 Å². The Balaban J connectivity index is 1.52. The number of nitrogens with zero attached hydrogens (tertiary/aromatic N) is 1. The number of rotatable bonds is 6. The maximum atomic E-state index is 12.2. The van der Waals surface area contributed by atoms with E-state index in [1.165, 1.54) is 0 Å². The number of anilines is 1. The summed E-state index contributed by atoms with van der Waals surface area (Å²) in [7, 11) is 0. The Hall–Kier alpha value is -2.24. The van der Waals surface area contributed by atoms with Gasteiger partial charge in [-0.1, -0.05) is 30.7 Å². The van der Waals surface area contributed by atoms with E-state index in [-0.39, 0.29) is 12.0 Å². The number of likely N-dealkylation sites (N-methyl/N-ethyl adjacent to an activating group) is 1. The minimum Gasteiger partial charge on any atom is -0.486 e. The smallest absolute Gasteiger partial charge is 0.238 e. The zero-order valence-electron chi connectivity index (χ0n) is 14.1. The summed E-state index contributed by atoms with van der Waals surface area (Å²) in [5.74, 6) is 1.45. The fourth-order valence-corrected chi connectivity index (χ4v) is 2.81. The molecule has 2 aromatic carbocycles. The third-order valence-electron chi connectivity index (χ3n) is 3.97. The van der Waals surface area contributed by atoms with Gasteiger partial charge in [0, 0.05) is 17.3 Å². The highest BCUT2D eigenvalue weighted by molar-refractivity contribution is 6.30. The Labute approximate surface area is 152 Å². The Bertz CT molecular complexity index is 721. The maximum Gasteiger partial charge on any atom is 0.238 e. The number of carbonyl (C=O) groups excluding carboxylic acids is 1. The minimum absolute atomic E-state index is 0.0682. The van der Waals surface area contributed by atoms with E-state index in [2.05, 4.69) is 5.32 Å². The van der Waals surface area contributed by atoms with Gasteiger partial charge in [-0.15, -0.1) is 0 Å². The van der Waals surface area contributed by atoms with Crippen LogP contribution in [0.25, 0.3) is 0 Å². The van der Waals surface area contributed by atoms with E-state index in [1.807, 2.05) is 36.1 Å². The molecule has 0 radical (unpaired) electrons. The lowest BCUT2D eigenvalue weighted by molar-refractivity contribution is -0.117. The van der Waals surface area contributed by atoms with Crippen molar-refractivity contribution in [3.63, 3.8) is 0 Å². The van der Waals surface area contributed by atoms with Gasteiger partial charge in [-0.2, -0.15) is 0 Å². The number of ether oxygens (including phenoxy) is 2. The third kappa shape index (κ3) is 4.87. The lowest BCUT2D eigenvalue weighted by Gasteiger charge is -2.30. The first-order valence-corrected chi connectivity index (χ1v) is 8.68. The summed E-state index contributed by atoms with van der Waals surface area (Å²) in [6.45, 7) is 4.16. The summed E-state index contributed by atoms with van der Waals surface area (Å²) in [6, 6.07) is 14.7. The molecule has 2 aromatic rings. The number of fused-ring (bicyclic) bond motifs is 1. The Morgan fingerprint density at radius 3 is 2.64 bits per heavy atom. The molecular weight excluding hydrogens is 340 g/mol. The van der Waals surface area contributed by atoms with Crippen molar-refractivity contribution in [1.29, 1.82) is 0 Å². The molecule has 0 aliphatic carbocycles. The van der Waals surface area contributed by atoms with Crippen molar-refractivity contribution in [3.8, 4) is 11.5 Å². The van der Waals surface area contributed by atoms with Gasteiger partial charge in [0.15, 0.2) is 11.5 Å². The van der Waals surface area contributed by atoms with Crippen molar-refractivity contribution >= 4 is 23.2 Å². The van der Waals surface area contributed by atoms with Crippen LogP contribution in [0.2, 0.25) is 5.02 Å². The van der Waals surface area contributed by atoms with Crippen LogP contribution in [0.3, 0.4) is 0 Å². The van der Waals surface area contributed by atoms with Crippen molar-refractivity contribution in [2.75, 3.05) is 31.6 Å². The van der Waals surface area contributed by atoms with E-state index in [0.717, 1.165) is 23.7 Å². The van der Waals surface area contributed by atoms with Crippen LogP contribution in [0.4, 0.5) is 5.69 Å². The largest absolute Gasteiger partial charge is 0.486 e.